The van der Waals surface area contributed by atoms with Gasteiger partial charge in [-0.2, -0.15) is 5.26 Å². The number of nitrogens with zero attached hydrogens (tertiary/aromatic N) is 2. The molecular formula is C20H18N2O6. The lowest BCUT2D eigenvalue weighted by Crippen LogP contribution is -2.35. The second kappa shape index (κ2) is 9.28. The maximum absolute atomic E-state index is 12.6. The van der Waals surface area contributed by atoms with Gasteiger partial charge in [0.1, 0.15) is 19.0 Å². The van der Waals surface area contributed by atoms with Crippen LogP contribution in [-0.2, 0) is 14.3 Å². The van der Waals surface area contributed by atoms with Crippen LogP contribution in [0.1, 0.15) is 12.2 Å². The Bertz CT molecular complexity index is 898. The molecule has 0 aliphatic carbocycles. The monoisotopic (exact) mass is 382 g/mol. The summed E-state index contributed by atoms with van der Waals surface area (Å²) in [6, 6.07) is 10.4. The van der Waals surface area contributed by atoms with E-state index in [1.165, 1.54) is 23.3 Å². The minimum Gasteiger partial charge on any atom is -0.486 e. The summed E-state index contributed by atoms with van der Waals surface area (Å²) in [7, 11) is 0. The number of nitriles is 1. The molecule has 1 aromatic carbocycles. The minimum atomic E-state index is -0.674. The summed E-state index contributed by atoms with van der Waals surface area (Å²) in [6.45, 7) is 0.586. The van der Waals surface area contributed by atoms with Gasteiger partial charge in [0, 0.05) is 24.4 Å². The second-order valence-corrected chi connectivity index (χ2v) is 5.74. The van der Waals surface area contributed by atoms with Gasteiger partial charge in [0.15, 0.2) is 18.1 Å². The first-order valence-electron chi connectivity index (χ1n) is 8.62. The van der Waals surface area contributed by atoms with Crippen molar-refractivity contribution in [3.05, 3.63) is 48.4 Å². The quantitative estimate of drug-likeness (QED) is 0.536. The van der Waals surface area contributed by atoms with Gasteiger partial charge in [0.2, 0.25) is 0 Å². The maximum Gasteiger partial charge on any atom is 0.331 e. The first kappa shape index (κ1) is 19.0. The smallest absolute Gasteiger partial charge is 0.331 e. The van der Waals surface area contributed by atoms with E-state index in [4.69, 9.17) is 23.9 Å². The SMILES string of the molecule is N#CCCN(C(=O)COC(=O)/C=C/c1ccco1)c1ccc2c(c1)OCCO2. The molecule has 3 rings (SSSR count). The molecule has 144 valence electrons. The van der Waals surface area contributed by atoms with Crippen molar-refractivity contribution in [2.24, 2.45) is 0 Å². The number of amides is 1. The summed E-state index contributed by atoms with van der Waals surface area (Å²) in [5, 5.41) is 8.88. The number of hydrogen-bond acceptors (Lipinski definition) is 7. The first-order valence-corrected chi connectivity index (χ1v) is 8.62. The van der Waals surface area contributed by atoms with Gasteiger partial charge in [-0.05, 0) is 30.3 Å². The summed E-state index contributed by atoms with van der Waals surface area (Å²) >= 11 is 0. The van der Waals surface area contributed by atoms with Crippen LogP contribution >= 0.6 is 0 Å². The normalized spacial score (nSPS) is 12.4. The van der Waals surface area contributed by atoms with Crippen LogP contribution in [0.3, 0.4) is 0 Å². The van der Waals surface area contributed by atoms with E-state index in [0.717, 1.165) is 0 Å². The number of ether oxygens (including phenoxy) is 3. The molecule has 1 aliphatic rings. The zero-order valence-electron chi connectivity index (χ0n) is 15.0. The van der Waals surface area contributed by atoms with Crippen LogP contribution < -0.4 is 14.4 Å². The Hall–Kier alpha value is -3.73. The van der Waals surface area contributed by atoms with Crippen molar-refractivity contribution in [3.8, 4) is 17.6 Å². The fraction of sp³-hybridized carbons (Fsp3) is 0.250. The van der Waals surface area contributed by atoms with Crippen molar-refractivity contribution < 1.29 is 28.2 Å². The number of carbonyl (C=O) groups is 2. The number of esters is 1. The minimum absolute atomic E-state index is 0.131. The van der Waals surface area contributed by atoms with Gasteiger partial charge in [0.05, 0.1) is 18.8 Å². The van der Waals surface area contributed by atoms with Gasteiger partial charge in [-0.1, -0.05) is 0 Å². The average Bonchev–Trinajstić information content (AvgIpc) is 3.24. The summed E-state index contributed by atoms with van der Waals surface area (Å²) in [5.74, 6) is 0.489. The number of hydrogen-bond donors (Lipinski definition) is 0. The molecule has 2 aromatic rings. The lowest BCUT2D eigenvalue weighted by molar-refractivity contribution is -0.142. The Kier molecular flexibility index (Phi) is 6.31. The van der Waals surface area contributed by atoms with E-state index in [2.05, 4.69) is 0 Å². The molecule has 0 bridgehead atoms. The van der Waals surface area contributed by atoms with E-state index in [9.17, 15) is 9.59 Å². The van der Waals surface area contributed by atoms with Crippen molar-refractivity contribution >= 4 is 23.6 Å². The molecule has 28 heavy (non-hydrogen) atoms. The summed E-state index contributed by atoms with van der Waals surface area (Å²) in [6.07, 6.45) is 4.23. The number of benzene rings is 1. The highest BCUT2D eigenvalue weighted by molar-refractivity contribution is 5.96. The van der Waals surface area contributed by atoms with E-state index in [1.807, 2.05) is 6.07 Å². The van der Waals surface area contributed by atoms with Crippen molar-refractivity contribution in [3.63, 3.8) is 0 Å². The molecule has 0 atom stereocenters. The summed E-state index contributed by atoms with van der Waals surface area (Å²) in [5.41, 5.74) is 0.534. The summed E-state index contributed by atoms with van der Waals surface area (Å²) in [4.78, 5) is 25.8. The van der Waals surface area contributed by atoms with Crippen LogP contribution in [0.2, 0.25) is 0 Å². The zero-order chi connectivity index (χ0) is 19.8. The van der Waals surface area contributed by atoms with Gasteiger partial charge in [-0.25, -0.2) is 4.79 Å². The number of carbonyl (C=O) groups excluding carboxylic acids is 2. The van der Waals surface area contributed by atoms with Gasteiger partial charge in [-0.15, -0.1) is 0 Å². The van der Waals surface area contributed by atoms with E-state index < -0.39 is 18.5 Å². The molecule has 1 amide bonds. The second-order valence-electron chi connectivity index (χ2n) is 5.74. The number of furan rings is 1. The Morgan fingerprint density at radius 1 is 1.21 bits per heavy atom. The van der Waals surface area contributed by atoms with Crippen molar-refractivity contribution in [2.75, 3.05) is 31.3 Å². The molecule has 8 nitrogen and oxygen atoms in total. The number of fused-ring (bicyclic) bond motifs is 1. The third-order valence-corrected chi connectivity index (χ3v) is 3.85. The Labute approximate surface area is 161 Å². The molecule has 0 radical (unpaired) electrons. The highest BCUT2D eigenvalue weighted by Crippen LogP contribution is 2.34. The molecule has 2 heterocycles. The van der Waals surface area contributed by atoms with Crippen LogP contribution in [0.25, 0.3) is 6.08 Å². The van der Waals surface area contributed by atoms with E-state index in [0.29, 0.717) is 36.2 Å². The van der Waals surface area contributed by atoms with Crippen LogP contribution in [0.5, 0.6) is 11.5 Å². The number of anilines is 1. The lowest BCUT2D eigenvalue weighted by atomic mass is 10.2. The van der Waals surface area contributed by atoms with Gasteiger partial charge in [0.25, 0.3) is 5.91 Å². The molecule has 0 N–H and O–H groups in total. The first-order chi connectivity index (χ1) is 13.7. The van der Waals surface area contributed by atoms with Crippen LogP contribution in [0, 0.1) is 11.3 Å². The lowest BCUT2D eigenvalue weighted by Gasteiger charge is -2.24. The average molecular weight is 382 g/mol. The highest BCUT2D eigenvalue weighted by Gasteiger charge is 2.20. The van der Waals surface area contributed by atoms with Gasteiger partial charge in [-0.3, -0.25) is 4.79 Å². The Morgan fingerprint density at radius 2 is 2.04 bits per heavy atom. The molecular weight excluding hydrogens is 364 g/mol. The molecule has 0 spiro atoms. The Balaban J connectivity index is 1.64. The Morgan fingerprint density at radius 3 is 2.79 bits per heavy atom. The van der Waals surface area contributed by atoms with Crippen LogP contribution in [-0.4, -0.2) is 38.2 Å². The highest BCUT2D eigenvalue weighted by atomic mass is 16.6. The standard InChI is InChI=1S/C20H18N2O6/c21-8-2-9-22(15-4-6-17-18(13-15)27-12-11-26-17)19(23)14-28-20(24)7-5-16-3-1-10-25-16/h1,3-7,10,13H,2,9,11-12,14H2/b7-5+. The molecule has 1 aliphatic heterocycles. The van der Waals surface area contributed by atoms with Crippen LogP contribution in [0.15, 0.2) is 47.1 Å². The topological polar surface area (TPSA) is 102 Å². The van der Waals surface area contributed by atoms with Gasteiger partial charge >= 0.3 is 5.97 Å². The largest absolute Gasteiger partial charge is 0.486 e. The van der Waals surface area contributed by atoms with Crippen molar-refractivity contribution in [2.45, 2.75) is 6.42 Å². The van der Waals surface area contributed by atoms with Crippen molar-refractivity contribution in [1.29, 1.82) is 5.26 Å². The third kappa shape index (κ3) is 4.92. The molecule has 1 aromatic heterocycles. The van der Waals surface area contributed by atoms with E-state index in [-0.39, 0.29) is 13.0 Å². The predicted molar refractivity (Wildman–Crippen MR) is 98.7 cm³/mol. The number of rotatable bonds is 7. The predicted octanol–water partition coefficient (Wildman–Crippen LogP) is 2.55. The zero-order valence-corrected chi connectivity index (χ0v) is 15.0. The molecule has 0 fully saturated rings. The fourth-order valence-corrected chi connectivity index (χ4v) is 2.55. The molecule has 0 saturated heterocycles. The van der Waals surface area contributed by atoms with E-state index in [1.54, 1.807) is 30.3 Å². The van der Waals surface area contributed by atoms with Crippen molar-refractivity contribution in [1.82, 2.24) is 0 Å². The van der Waals surface area contributed by atoms with Gasteiger partial charge < -0.3 is 23.5 Å². The summed E-state index contributed by atoms with van der Waals surface area (Å²) < 4.78 is 21.1. The molecule has 0 unspecified atom stereocenters. The van der Waals surface area contributed by atoms with E-state index >= 15 is 0 Å². The fourth-order valence-electron chi connectivity index (χ4n) is 2.55. The van der Waals surface area contributed by atoms with Crippen LogP contribution in [0.4, 0.5) is 5.69 Å². The molecule has 0 saturated carbocycles. The third-order valence-electron chi connectivity index (χ3n) is 3.85. The molecule has 8 heteroatoms. The maximum atomic E-state index is 12.6.